The topological polar surface area (TPSA) is 53.5 Å². The quantitative estimate of drug-likeness (QED) is 0.656. The van der Waals surface area contributed by atoms with Gasteiger partial charge >= 0.3 is 0 Å². The van der Waals surface area contributed by atoms with E-state index in [0.29, 0.717) is 0 Å². The van der Waals surface area contributed by atoms with Crippen LogP contribution in [0.25, 0.3) is 0 Å². The average molecular weight is 287 g/mol. The molecule has 1 aromatic heterocycles. The van der Waals surface area contributed by atoms with Gasteiger partial charge in [0.15, 0.2) is 0 Å². The summed E-state index contributed by atoms with van der Waals surface area (Å²) in [6.45, 7) is 4.26. The second-order valence-electron chi connectivity index (χ2n) is 4.48. The molecule has 5 heteroatoms. The number of hydrogen-bond acceptors (Lipinski definition) is 4. The van der Waals surface area contributed by atoms with Gasteiger partial charge in [-0.25, -0.2) is 5.43 Å². The minimum absolute atomic E-state index is 0.169. The average Bonchev–Trinajstić information content (AvgIpc) is 2.91. The maximum Gasteiger partial charge on any atom is 0.259 e. The molecule has 0 aliphatic heterocycles. The summed E-state index contributed by atoms with van der Waals surface area (Å²) in [6, 6.07) is 9.95. The van der Waals surface area contributed by atoms with Gasteiger partial charge in [-0.05, 0) is 36.9 Å². The largest absolute Gasteiger partial charge is 0.376 e. The lowest BCUT2D eigenvalue weighted by Gasteiger charge is -2.09. The van der Waals surface area contributed by atoms with Crippen molar-refractivity contribution in [2.75, 3.05) is 11.9 Å². The van der Waals surface area contributed by atoms with E-state index in [2.05, 4.69) is 21.9 Å². The number of rotatable bonds is 5. The lowest BCUT2D eigenvalue weighted by Crippen LogP contribution is -2.26. The van der Waals surface area contributed by atoms with Gasteiger partial charge in [0.25, 0.3) is 5.91 Å². The molecular weight excluding hydrogens is 270 g/mol. The van der Waals surface area contributed by atoms with E-state index in [0.717, 1.165) is 16.1 Å². The van der Waals surface area contributed by atoms with E-state index in [1.807, 2.05) is 43.5 Å². The molecule has 1 aromatic carbocycles. The SMILES string of the molecule is Cc1ccc(NCC(=O)NN=Cc2cccs2)c(C)c1. The Morgan fingerprint density at radius 3 is 2.90 bits per heavy atom. The summed E-state index contributed by atoms with van der Waals surface area (Å²) >= 11 is 1.57. The lowest BCUT2D eigenvalue weighted by atomic mass is 10.1. The molecule has 0 spiro atoms. The Labute approximate surface area is 122 Å². The maximum atomic E-state index is 11.6. The van der Waals surface area contributed by atoms with E-state index in [1.54, 1.807) is 17.6 Å². The zero-order chi connectivity index (χ0) is 14.4. The molecule has 0 unspecified atom stereocenters. The fourth-order valence-electron chi connectivity index (χ4n) is 1.76. The minimum Gasteiger partial charge on any atom is -0.376 e. The number of thiophene rings is 1. The maximum absolute atomic E-state index is 11.6. The highest BCUT2D eigenvalue weighted by molar-refractivity contribution is 7.11. The van der Waals surface area contributed by atoms with E-state index < -0.39 is 0 Å². The van der Waals surface area contributed by atoms with Crippen LogP contribution in [0.15, 0.2) is 40.8 Å². The molecule has 0 radical (unpaired) electrons. The number of aryl methyl sites for hydroxylation is 2. The highest BCUT2D eigenvalue weighted by Gasteiger charge is 2.02. The summed E-state index contributed by atoms with van der Waals surface area (Å²) in [5.41, 5.74) is 5.79. The number of hydrazone groups is 1. The van der Waals surface area contributed by atoms with Gasteiger partial charge in [-0.2, -0.15) is 5.10 Å². The molecule has 2 aromatic rings. The summed E-state index contributed by atoms with van der Waals surface area (Å²) in [7, 11) is 0. The monoisotopic (exact) mass is 287 g/mol. The van der Waals surface area contributed by atoms with Crippen LogP contribution in [-0.2, 0) is 4.79 Å². The van der Waals surface area contributed by atoms with E-state index in [9.17, 15) is 4.79 Å². The molecule has 0 saturated heterocycles. The van der Waals surface area contributed by atoms with Crippen molar-refractivity contribution in [3.63, 3.8) is 0 Å². The Morgan fingerprint density at radius 1 is 1.35 bits per heavy atom. The van der Waals surface area contributed by atoms with Crippen molar-refractivity contribution in [1.82, 2.24) is 5.43 Å². The number of benzene rings is 1. The molecule has 2 N–H and O–H groups in total. The van der Waals surface area contributed by atoms with Gasteiger partial charge in [0.2, 0.25) is 0 Å². The molecule has 104 valence electrons. The van der Waals surface area contributed by atoms with Gasteiger partial charge in [-0.15, -0.1) is 11.3 Å². The predicted octanol–water partition coefficient (Wildman–Crippen LogP) is 2.93. The molecule has 20 heavy (non-hydrogen) atoms. The molecule has 0 atom stereocenters. The Morgan fingerprint density at radius 2 is 2.20 bits per heavy atom. The molecule has 0 fully saturated rings. The third kappa shape index (κ3) is 4.20. The summed E-state index contributed by atoms with van der Waals surface area (Å²) in [6.07, 6.45) is 1.64. The summed E-state index contributed by atoms with van der Waals surface area (Å²) in [4.78, 5) is 12.6. The van der Waals surface area contributed by atoms with Crippen molar-refractivity contribution >= 4 is 29.1 Å². The molecule has 0 aliphatic carbocycles. The molecule has 0 aliphatic rings. The number of anilines is 1. The molecule has 0 bridgehead atoms. The fourth-order valence-corrected chi connectivity index (χ4v) is 2.34. The number of amides is 1. The van der Waals surface area contributed by atoms with Crippen LogP contribution < -0.4 is 10.7 Å². The second kappa shape index (κ2) is 6.86. The van der Waals surface area contributed by atoms with Crippen LogP contribution >= 0.6 is 11.3 Å². The van der Waals surface area contributed by atoms with Crippen molar-refractivity contribution in [3.05, 3.63) is 51.7 Å². The van der Waals surface area contributed by atoms with Crippen molar-refractivity contribution in [1.29, 1.82) is 0 Å². The van der Waals surface area contributed by atoms with Gasteiger partial charge in [0.1, 0.15) is 0 Å². The normalized spacial score (nSPS) is 10.7. The highest BCUT2D eigenvalue weighted by Crippen LogP contribution is 2.15. The Bertz CT molecular complexity index is 606. The molecule has 0 saturated carbocycles. The van der Waals surface area contributed by atoms with E-state index in [-0.39, 0.29) is 12.5 Å². The van der Waals surface area contributed by atoms with Crippen LogP contribution in [0.1, 0.15) is 16.0 Å². The number of nitrogens with one attached hydrogen (secondary N) is 2. The third-order valence-corrected chi connectivity index (χ3v) is 3.55. The zero-order valence-electron chi connectivity index (χ0n) is 11.5. The molecule has 1 amide bonds. The van der Waals surface area contributed by atoms with Gasteiger partial charge in [0.05, 0.1) is 12.8 Å². The van der Waals surface area contributed by atoms with Crippen molar-refractivity contribution in [2.45, 2.75) is 13.8 Å². The van der Waals surface area contributed by atoms with Crippen LogP contribution in [0, 0.1) is 13.8 Å². The highest BCUT2D eigenvalue weighted by atomic mass is 32.1. The molecule has 4 nitrogen and oxygen atoms in total. The van der Waals surface area contributed by atoms with Crippen LogP contribution in [0.3, 0.4) is 0 Å². The molecular formula is C15H17N3OS. The summed E-state index contributed by atoms with van der Waals surface area (Å²) in [5.74, 6) is -0.169. The van der Waals surface area contributed by atoms with Crippen molar-refractivity contribution in [2.24, 2.45) is 5.10 Å². The third-order valence-electron chi connectivity index (χ3n) is 2.75. The Balaban J connectivity index is 1.80. The van der Waals surface area contributed by atoms with Crippen molar-refractivity contribution in [3.8, 4) is 0 Å². The fraction of sp³-hybridized carbons (Fsp3) is 0.200. The smallest absolute Gasteiger partial charge is 0.259 e. The number of carbonyl (C=O) groups excluding carboxylic acids is 1. The van der Waals surface area contributed by atoms with Gasteiger partial charge in [-0.1, -0.05) is 23.8 Å². The number of carbonyl (C=O) groups is 1. The predicted molar refractivity (Wildman–Crippen MR) is 84.5 cm³/mol. The van der Waals surface area contributed by atoms with Crippen LogP contribution in [0.5, 0.6) is 0 Å². The first-order valence-electron chi connectivity index (χ1n) is 6.31. The second-order valence-corrected chi connectivity index (χ2v) is 5.46. The minimum atomic E-state index is -0.169. The van der Waals surface area contributed by atoms with Gasteiger partial charge in [-0.3, -0.25) is 4.79 Å². The van der Waals surface area contributed by atoms with Crippen molar-refractivity contribution < 1.29 is 4.79 Å². The summed E-state index contributed by atoms with van der Waals surface area (Å²) in [5, 5.41) is 8.97. The first kappa shape index (κ1) is 14.3. The first-order chi connectivity index (χ1) is 9.65. The van der Waals surface area contributed by atoms with E-state index in [4.69, 9.17) is 0 Å². The van der Waals surface area contributed by atoms with E-state index in [1.165, 1.54) is 5.56 Å². The standard InChI is InChI=1S/C15H17N3OS/c1-11-5-6-14(12(2)8-11)16-10-15(19)18-17-9-13-4-3-7-20-13/h3-9,16H,10H2,1-2H3,(H,18,19). The Kier molecular flexibility index (Phi) is 4.90. The first-order valence-corrected chi connectivity index (χ1v) is 7.19. The molecule has 1 heterocycles. The number of hydrogen-bond donors (Lipinski definition) is 2. The van der Waals surface area contributed by atoms with Gasteiger partial charge in [0, 0.05) is 10.6 Å². The Hall–Kier alpha value is -2.14. The summed E-state index contributed by atoms with van der Waals surface area (Å²) < 4.78 is 0. The van der Waals surface area contributed by atoms with E-state index >= 15 is 0 Å². The van der Waals surface area contributed by atoms with Crippen LogP contribution in [-0.4, -0.2) is 18.7 Å². The number of nitrogens with zero attached hydrogens (tertiary/aromatic N) is 1. The lowest BCUT2D eigenvalue weighted by molar-refractivity contribution is -0.119. The van der Waals surface area contributed by atoms with Crippen LogP contribution in [0.4, 0.5) is 5.69 Å². The van der Waals surface area contributed by atoms with Gasteiger partial charge < -0.3 is 5.32 Å². The van der Waals surface area contributed by atoms with Crippen LogP contribution in [0.2, 0.25) is 0 Å². The molecule has 2 rings (SSSR count). The zero-order valence-corrected chi connectivity index (χ0v) is 12.3.